The van der Waals surface area contributed by atoms with Crippen LogP contribution in [0.15, 0.2) is 0 Å². The summed E-state index contributed by atoms with van der Waals surface area (Å²) in [7, 11) is 0. The van der Waals surface area contributed by atoms with Crippen molar-refractivity contribution in [2.24, 2.45) is 11.3 Å². The molecular formula is C20H34N4O3. The van der Waals surface area contributed by atoms with Crippen molar-refractivity contribution in [3.8, 4) is 0 Å². The number of rotatable bonds is 3. The Hall–Kier alpha value is -1.63. The van der Waals surface area contributed by atoms with E-state index in [0.717, 1.165) is 37.4 Å². The highest BCUT2D eigenvalue weighted by atomic mass is 16.2. The van der Waals surface area contributed by atoms with E-state index in [9.17, 15) is 14.4 Å². The van der Waals surface area contributed by atoms with Gasteiger partial charge in [-0.05, 0) is 43.6 Å². The van der Waals surface area contributed by atoms with Crippen LogP contribution in [0.3, 0.4) is 0 Å². The third kappa shape index (κ3) is 3.98. The molecule has 1 aliphatic carbocycles. The molecule has 3 rings (SSSR count). The second-order valence-corrected chi connectivity index (χ2v) is 9.36. The first-order chi connectivity index (χ1) is 12.7. The Morgan fingerprint density at radius 3 is 2.22 bits per heavy atom. The third-order valence-corrected chi connectivity index (χ3v) is 6.78. The van der Waals surface area contributed by atoms with Crippen LogP contribution in [0.1, 0.15) is 53.4 Å². The van der Waals surface area contributed by atoms with Crippen LogP contribution < -0.4 is 5.32 Å². The summed E-state index contributed by atoms with van der Waals surface area (Å²) in [6, 6.07) is -0.408. The van der Waals surface area contributed by atoms with Gasteiger partial charge >= 0.3 is 6.03 Å². The zero-order valence-electron chi connectivity index (χ0n) is 17.2. The Bertz CT molecular complexity index is 597. The van der Waals surface area contributed by atoms with Crippen LogP contribution in [0.2, 0.25) is 0 Å². The molecule has 7 nitrogen and oxygen atoms in total. The number of carbonyl (C=O) groups excluding carboxylic acids is 3. The summed E-state index contributed by atoms with van der Waals surface area (Å²) in [5, 5.41) is 2.92. The molecule has 3 aliphatic rings. The Morgan fingerprint density at radius 2 is 1.70 bits per heavy atom. The van der Waals surface area contributed by atoms with E-state index in [1.807, 2.05) is 0 Å². The highest BCUT2D eigenvalue weighted by Gasteiger charge is 2.53. The maximum atomic E-state index is 13.0. The molecule has 152 valence electrons. The molecule has 2 saturated heterocycles. The van der Waals surface area contributed by atoms with E-state index in [1.54, 1.807) is 4.90 Å². The standard InChI is InChI=1S/C20H34N4O3/c1-5-22-10-12-23(13-11-22)16(25)14-24-17(26)20(21-18(24)27)8-6-15(7-9-20)19(2,3)4/h15H,5-14H2,1-4H3,(H,21,27). The Labute approximate surface area is 162 Å². The van der Waals surface area contributed by atoms with Crippen molar-refractivity contribution in [2.75, 3.05) is 39.3 Å². The van der Waals surface area contributed by atoms with E-state index >= 15 is 0 Å². The molecular weight excluding hydrogens is 344 g/mol. The van der Waals surface area contributed by atoms with Crippen LogP contribution in [-0.2, 0) is 9.59 Å². The third-order valence-electron chi connectivity index (χ3n) is 6.78. The van der Waals surface area contributed by atoms with Gasteiger partial charge in [0.1, 0.15) is 12.1 Å². The Morgan fingerprint density at radius 1 is 1.11 bits per heavy atom. The summed E-state index contributed by atoms with van der Waals surface area (Å²) in [6.45, 7) is 12.7. The van der Waals surface area contributed by atoms with Crippen LogP contribution in [-0.4, -0.2) is 77.4 Å². The van der Waals surface area contributed by atoms with Crippen molar-refractivity contribution in [1.29, 1.82) is 0 Å². The summed E-state index contributed by atoms with van der Waals surface area (Å²) < 4.78 is 0. The van der Waals surface area contributed by atoms with Gasteiger partial charge in [-0.3, -0.25) is 14.5 Å². The van der Waals surface area contributed by atoms with Crippen LogP contribution in [0, 0.1) is 11.3 Å². The van der Waals surface area contributed by atoms with E-state index in [1.165, 1.54) is 0 Å². The summed E-state index contributed by atoms with van der Waals surface area (Å²) in [5.41, 5.74) is -0.580. The van der Waals surface area contributed by atoms with Crippen LogP contribution in [0.4, 0.5) is 4.79 Å². The lowest BCUT2D eigenvalue weighted by atomic mass is 9.67. The maximum absolute atomic E-state index is 13.0. The van der Waals surface area contributed by atoms with Crippen LogP contribution in [0.25, 0.3) is 0 Å². The first-order valence-electron chi connectivity index (χ1n) is 10.3. The van der Waals surface area contributed by atoms with E-state index < -0.39 is 11.6 Å². The summed E-state index contributed by atoms with van der Waals surface area (Å²) in [4.78, 5) is 43.3. The lowest BCUT2D eigenvalue weighted by Gasteiger charge is -2.40. The highest BCUT2D eigenvalue weighted by molar-refractivity contribution is 6.09. The molecule has 0 aromatic rings. The number of hydrogen-bond acceptors (Lipinski definition) is 4. The lowest BCUT2D eigenvalue weighted by Crippen LogP contribution is -2.53. The minimum absolute atomic E-state index is 0.130. The van der Waals surface area contributed by atoms with Crippen molar-refractivity contribution < 1.29 is 14.4 Å². The number of piperazine rings is 1. The van der Waals surface area contributed by atoms with Gasteiger partial charge in [0.15, 0.2) is 0 Å². The zero-order valence-corrected chi connectivity index (χ0v) is 17.2. The molecule has 0 atom stereocenters. The van der Waals surface area contributed by atoms with Crippen molar-refractivity contribution in [1.82, 2.24) is 20.0 Å². The smallest absolute Gasteiger partial charge is 0.325 e. The number of nitrogens with one attached hydrogen (secondary N) is 1. The largest absolute Gasteiger partial charge is 0.339 e. The minimum atomic E-state index is -0.792. The molecule has 27 heavy (non-hydrogen) atoms. The molecule has 2 heterocycles. The molecule has 7 heteroatoms. The quantitative estimate of drug-likeness (QED) is 0.759. The monoisotopic (exact) mass is 378 g/mol. The van der Waals surface area contributed by atoms with Gasteiger partial charge in [-0.1, -0.05) is 27.7 Å². The van der Waals surface area contributed by atoms with Crippen molar-refractivity contribution in [3.63, 3.8) is 0 Å². The molecule has 4 amide bonds. The van der Waals surface area contributed by atoms with Gasteiger partial charge in [0, 0.05) is 26.2 Å². The normalized spacial score (nSPS) is 30.1. The van der Waals surface area contributed by atoms with E-state index in [-0.39, 0.29) is 23.8 Å². The van der Waals surface area contributed by atoms with Crippen LogP contribution in [0.5, 0.6) is 0 Å². The second kappa shape index (κ2) is 7.41. The molecule has 0 bridgehead atoms. The van der Waals surface area contributed by atoms with Crippen molar-refractivity contribution in [2.45, 2.75) is 58.9 Å². The molecule has 3 fully saturated rings. The van der Waals surface area contributed by atoms with Gasteiger partial charge in [0.05, 0.1) is 0 Å². The predicted molar refractivity (Wildman–Crippen MR) is 103 cm³/mol. The number of hydrogen-bond donors (Lipinski definition) is 1. The van der Waals surface area contributed by atoms with Gasteiger partial charge < -0.3 is 15.1 Å². The summed E-state index contributed by atoms with van der Waals surface area (Å²) in [5.74, 6) is 0.216. The topological polar surface area (TPSA) is 73.0 Å². The SMILES string of the molecule is CCN1CCN(C(=O)CN2C(=O)NC3(CCC(C(C)(C)C)CC3)C2=O)CC1. The summed E-state index contributed by atoms with van der Waals surface area (Å²) in [6.07, 6.45) is 3.19. The number of urea groups is 1. The molecule has 1 N–H and O–H groups in total. The zero-order chi connectivity index (χ0) is 19.8. The van der Waals surface area contributed by atoms with Gasteiger partial charge in [0.25, 0.3) is 5.91 Å². The molecule has 2 aliphatic heterocycles. The number of imide groups is 1. The fourth-order valence-electron chi connectivity index (χ4n) is 4.68. The van der Waals surface area contributed by atoms with E-state index in [4.69, 9.17) is 0 Å². The molecule has 1 saturated carbocycles. The second-order valence-electron chi connectivity index (χ2n) is 9.36. The maximum Gasteiger partial charge on any atom is 0.325 e. The number of nitrogens with zero attached hydrogens (tertiary/aromatic N) is 3. The molecule has 0 unspecified atom stereocenters. The lowest BCUT2D eigenvalue weighted by molar-refractivity contribution is -0.140. The van der Waals surface area contributed by atoms with E-state index in [0.29, 0.717) is 31.8 Å². The van der Waals surface area contributed by atoms with Gasteiger partial charge in [-0.15, -0.1) is 0 Å². The first-order valence-corrected chi connectivity index (χ1v) is 10.3. The molecule has 0 radical (unpaired) electrons. The van der Waals surface area contributed by atoms with Gasteiger partial charge in [0.2, 0.25) is 5.91 Å². The number of amides is 4. The minimum Gasteiger partial charge on any atom is -0.339 e. The average molecular weight is 379 g/mol. The number of likely N-dealkylation sites (N-methyl/N-ethyl adjacent to an activating group) is 1. The van der Waals surface area contributed by atoms with Crippen molar-refractivity contribution >= 4 is 17.8 Å². The molecule has 0 aromatic carbocycles. The summed E-state index contributed by atoms with van der Waals surface area (Å²) >= 11 is 0. The fraction of sp³-hybridized carbons (Fsp3) is 0.850. The van der Waals surface area contributed by atoms with Gasteiger partial charge in [-0.2, -0.15) is 0 Å². The Balaban J connectivity index is 1.59. The van der Waals surface area contributed by atoms with Gasteiger partial charge in [-0.25, -0.2) is 4.79 Å². The Kier molecular flexibility index (Phi) is 5.52. The highest BCUT2D eigenvalue weighted by Crippen LogP contribution is 2.43. The van der Waals surface area contributed by atoms with E-state index in [2.05, 4.69) is 37.9 Å². The van der Waals surface area contributed by atoms with Crippen molar-refractivity contribution in [3.05, 3.63) is 0 Å². The molecule has 1 spiro atoms. The average Bonchev–Trinajstić information content (AvgIpc) is 2.85. The first kappa shape index (κ1) is 20.1. The fourth-order valence-corrected chi connectivity index (χ4v) is 4.68. The van der Waals surface area contributed by atoms with Crippen LogP contribution >= 0.6 is 0 Å². The number of carbonyl (C=O) groups is 3. The predicted octanol–water partition coefficient (Wildman–Crippen LogP) is 1.68. The molecule has 0 aromatic heterocycles.